The van der Waals surface area contributed by atoms with Crippen molar-refractivity contribution >= 4 is 11.6 Å². The highest BCUT2D eigenvalue weighted by Crippen LogP contribution is 2.24. The summed E-state index contributed by atoms with van der Waals surface area (Å²) >= 11 is 6.15. The lowest BCUT2D eigenvalue weighted by Crippen LogP contribution is -2.04. The van der Waals surface area contributed by atoms with Gasteiger partial charge in [-0.3, -0.25) is 0 Å². The van der Waals surface area contributed by atoms with Crippen LogP contribution in [0, 0.1) is 0 Å². The predicted molar refractivity (Wildman–Crippen MR) is 89.3 cm³/mol. The van der Waals surface area contributed by atoms with Crippen LogP contribution in [0.25, 0.3) is 22.7 Å². The van der Waals surface area contributed by atoms with Crippen LogP contribution in [-0.4, -0.2) is 25.4 Å². The molecule has 0 saturated heterocycles. The van der Waals surface area contributed by atoms with Crippen LogP contribution in [0.3, 0.4) is 0 Å². The van der Waals surface area contributed by atoms with Crippen LogP contribution >= 0.6 is 11.6 Å². The Hall–Kier alpha value is -2.99. The quantitative estimate of drug-likeness (QED) is 0.568. The first-order valence-corrected chi connectivity index (χ1v) is 7.71. The van der Waals surface area contributed by atoms with Crippen LogP contribution in [0.4, 0.5) is 0 Å². The summed E-state index contributed by atoms with van der Waals surface area (Å²) in [6, 6.07) is 19.0. The summed E-state index contributed by atoms with van der Waals surface area (Å²) in [6.07, 6.45) is 0. The smallest absolute Gasteiger partial charge is 0.206 e. The lowest BCUT2D eigenvalue weighted by Gasteiger charge is -1.96. The van der Waals surface area contributed by atoms with Gasteiger partial charge < -0.3 is 4.52 Å². The number of benzene rings is 2. The Labute approximate surface area is 142 Å². The van der Waals surface area contributed by atoms with E-state index in [1.54, 1.807) is 6.07 Å². The second kappa shape index (κ2) is 6.25. The van der Waals surface area contributed by atoms with Gasteiger partial charge in [-0.25, -0.2) is 0 Å². The maximum atomic E-state index is 6.15. The monoisotopic (exact) mass is 337 g/mol. The minimum Gasteiger partial charge on any atom is -0.356 e. The number of nitrogens with zero attached hydrogens (tertiary/aromatic N) is 5. The number of hydrogen-bond acceptors (Lipinski definition) is 5. The van der Waals surface area contributed by atoms with Gasteiger partial charge in [0, 0.05) is 17.2 Å². The van der Waals surface area contributed by atoms with E-state index in [2.05, 4.69) is 20.6 Å². The van der Waals surface area contributed by atoms with Gasteiger partial charge in [0.2, 0.25) is 5.82 Å². The number of tetrazole rings is 1. The topological polar surface area (TPSA) is 69.6 Å². The molecular formula is C17H12ClN5O. The molecule has 24 heavy (non-hydrogen) atoms. The third-order valence-electron chi connectivity index (χ3n) is 3.49. The summed E-state index contributed by atoms with van der Waals surface area (Å²) < 4.78 is 5.37. The maximum Gasteiger partial charge on any atom is 0.206 e. The van der Waals surface area contributed by atoms with Crippen molar-refractivity contribution in [1.29, 1.82) is 0 Å². The van der Waals surface area contributed by atoms with Crippen molar-refractivity contribution < 1.29 is 4.52 Å². The van der Waals surface area contributed by atoms with Gasteiger partial charge in [-0.15, -0.1) is 10.2 Å². The molecular weight excluding hydrogens is 326 g/mol. The Morgan fingerprint density at radius 1 is 1.00 bits per heavy atom. The fourth-order valence-electron chi connectivity index (χ4n) is 2.33. The molecule has 6 nitrogen and oxygen atoms in total. The third-order valence-corrected chi connectivity index (χ3v) is 3.82. The van der Waals surface area contributed by atoms with Gasteiger partial charge in [0.1, 0.15) is 12.2 Å². The second-order valence-corrected chi connectivity index (χ2v) is 5.58. The largest absolute Gasteiger partial charge is 0.356 e. The molecule has 2 heterocycles. The molecule has 2 aromatic carbocycles. The third kappa shape index (κ3) is 2.91. The second-order valence-electron chi connectivity index (χ2n) is 5.17. The lowest BCUT2D eigenvalue weighted by atomic mass is 10.2. The van der Waals surface area contributed by atoms with Gasteiger partial charge in [-0.05, 0) is 17.3 Å². The van der Waals surface area contributed by atoms with Gasteiger partial charge in [-0.2, -0.15) is 4.80 Å². The molecule has 0 amide bonds. The molecule has 2 aromatic heterocycles. The van der Waals surface area contributed by atoms with Crippen molar-refractivity contribution in [2.24, 2.45) is 0 Å². The van der Waals surface area contributed by atoms with Crippen LogP contribution in [-0.2, 0) is 6.54 Å². The Morgan fingerprint density at radius 3 is 2.62 bits per heavy atom. The Balaban J connectivity index is 1.55. The first-order chi connectivity index (χ1) is 11.8. The fourth-order valence-corrected chi connectivity index (χ4v) is 2.55. The number of aromatic nitrogens is 5. The summed E-state index contributed by atoms with van der Waals surface area (Å²) in [5, 5.41) is 17.1. The predicted octanol–water partition coefficient (Wildman–Crippen LogP) is 3.70. The molecule has 0 atom stereocenters. The van der Waals surface area contributed by atoms with Crippen LogP contribution in [0.5, 0.6) is 0 Å². The van der Waals surface area contributed by atoms with E-state index < -0.39 is 0 Å². The zero-order chi connectivity index (χ0) is 16.4. The molecule has 4 rings (SSSR count). The SMILES string of the molecule is Clc1ccccc1-c1nnn(Cc2cc(-c3ccccc3)on2)n1. The first-order valence-electron chi connectivity index (χ1n) is 7.33. The Morgan fingerprint density at radius 2 is 1.79 bits per heavy atom. The molecule has 0 radical (unpaired) electrons. The van der Waals surface area contributed by atoms with Crippen molar-refractivity contribution in [2.75, 3.05) is 0 Å². The standard InChI is InChI=1S/C17H12ClN5O/c18-15-9-5-4-8-14(15)17-19-22-23(20-17)11-13-10-16(24-21-13)12-6-2-1-3-7-12/h1-10H,11H2. The van der Waals surface area contributed by atoms with E-state index in [0.29, 0.717) is 23.2 Å². The van der Waals surface area contributed by atoms with Crippen molar-refractivity contribution in [3.05, 3.63) is 71.4 Å². The number of halogens is 1. The maximum absolute atomic E-state index is 6.15. The molecule has 0 aliphatic carbocycles. The molecule has 0 bridgehead atoms. The lowest BCUT2D eigenvalue weighted by molar-refractivity contribution is 0.415. The Kier molecular flexibility index (Phi) is 3.80. The van der Waals surface area contributed by atoms with E-state index in [4.69, 9.17) is 16.1 Å². The van der Waals surface area contributed by atoms with E-state index in [1.807, 2.05) is 54.6 Å². The first kappa shape index (κ1) is 14.6. The molecule has 0 unspecified atom stereocenters. The van der Waals surface area contributed by atoms with E-state index in [1.165, 1.54) is 4.80 Å². The highest BCUT2D eigenvalue weighted by atomic mass is 35.5. The number of hydrogen-bond donors (Lipinski definition) is 0. The summed E-state index contributed by atoms with van der Waals surface area (Å²) in [4.78, 5) is 1.46. The van der Waals surface area contributed by atoms with Crippen LogP contribution < -0.4 is 0 Å². The van der Waals surface area contributed by atoms with E-state index >= 15 is 0 Å². The molecule has 4 aromatic rings. The molecule has 0 N–H and O–H groups in total. The highest BCUT2D eigenvalue weighted by molar-refractivity contribution is 6.33. The van der Waals surface area contributed by atoms with Crippen molar-refractivity contribution in [3.63, 3.8) is 0 Å². The average molecular weight is 338 g/mol. The molecule has 0 saturated carbocycles. The highest BCUT2D eigenvalue weighted by Gasteiger charge is 2.12. The summed E-state index contributed by atoms with van der Waals surface area (Å²) in [6.45, 7) is 0.369. The van der Waals surface area contributed by atoms with Gasteiger partial charge in [0.05, 0.1) is 5.02 Å². The van der Waals surface area contributed by atoms with E-state index in [-0.39, 0.29) is 0 Å². The molecule has 0 fully saturated rings. The molecule has 118 valence electrons. The van der Waals surface area contributed by atoms with Gasteiger partial charge in [0.15, 0.2) is 5.76 Å². The Bertz CT molecular complexity index is 964. The molecule has 7 heteroatoms. The molecule has 0 aliphatic rings. The zero-order valence-corrected chi connectivity index (χ0v) is 13.3. The normalized spacial score (nSPS) is 10.9. The number of rotatable bonds is 4. The van der Waals surface area contributed by atoms with Crippen LogP contribution in [0.2, 0.25) is 5.02 Å². The van der Waals surface area contributed by atoms with Crippen molar-refractivity contribution in [3.8, 4) is 22.7 Å². The van der Waals surface area contributed by atoms with Gasteiger partial charge in [0.25, 0.3) is 0 Å². The fraction of sp³-hybridized carbons (Fsp3) is 0.0588. The van der Waals surface area contributed by atoms with E-state index in [0.717, 1.165) is 16.8 Å². The zero-order valence-electron chi connectivity index (χ0n) is 12.5. The van der Waals surface area contributed by atoms with E-state index in [9.17, 15) is 0 Å². The minimum absolute atomic E-state index is 0.369. The average Bonchev–Trinajstić information content (AvgIpc) is 3.26. The summed E-state index contributed by atoms with van der Waals surface area (Å²) in [5.41, 5.74) is 2.44. The van der Waals surface area contributed by atoms with Crippen molar-refractivity contribution in [1.82, 2.24) is 25.4 Å². The minimum atomic E-state index is 0.369. The van der Waals surface area contributed by atoms with Crippen LogP contribution in [0.15, 0.2) is 65.2 Å². The molecule has 0 aliphatic heterocycles. The van der Waals surface area contributed by atoms with Gasteiger partial charge in [-0.1, -0.05) is 59.2 Å². The molecule has 0 spiro atoms. The van der Waals surface area contributed by atoms with Crippen LogP contribution in [0.1, 0.15) is 5.69 Å². The van der Waals surface area contributed by atoms with Gasteiger partial charge >= 0.3 is 0 Å². The summed E-state index contributed by atoms with van der Waals surface area (Å²) in [5.74, 6) is 1.18. The summed E-state index contributed by atoms with van der Waals surface area (Å²) in [7, 11) is 0. The van der Waals surface area contributed by atoms with Crippen molar-refractivity contribution in [2.45, 2.75) is 6.54 Å².